The molecule has 0 heterocycles. The van der Waals surface area contributed by atoms with Crippen LogP contribution in [0, 0.1) is 0 Å². The molecular weight excluding hydrogens is 336 g/mol. The number of benzene rings is 2. The lowest BCUT2D eigenvalue weighted by Gasteiger charge is -2.15. The summed E-state index contributed by atoms with van der Waals surface area (Å²) < 4.78 is 11.6. The molecule has 0 radical (unpaired) electrons. The molecule has 5 heteroatoms. The molecule has 0 aliphatic heterocycles. The van der Waals surface area contributed by atoms with Crippen LogP contribution in [0.3, 0.4) is 0 Å². The number of hydrogen-bond acceptors (Lipinski definition) is 3. The average Bonchev–Trinajstić information content (AvgIpc) is 2.49. The van der Waals surface area contributed by atoms with Crippen molar-refractivity contribution in [2.24, 2.45) is 0 Å². The third kappa shape index (κ3) is 4.49. The summed E-state index contributed by atoms with van der Waals surface area (Å²) in [6, 6.07) is 14.4. The zero-order valence-corrected chi connectivity index (χ0v) is 13.0. The van der Waals surface area contributed by atoms with Gasteiger partial charge in [-0.05, 0) is 29.8 Å². The maximum Gasteiger partial charge on any atom is 0.345 e. The fraction of sp³-hybridized carbons (Fsp3) is 0.188. The predicted octanol–water partition coefficient (Wildman–Crippen LogP) is 3.53. The van der Waals surface area contributed by atoms with Gasteiger partial charge in [0.1, 0.15) is 11.5 Å². The minimum atomic E-state index is -0.999. The summed E-state index contributed by atoms with van der Waals surface area (Å²) in [5.74, 6) is 0.0971. The molecule has 2 aromatic carbocycles. The molecule has 1 atom stereocenters. The summed E-state index contributed by atoms with van der Waals surface area (Å²) in [7, 11) is 1.55. The maximum atomic E-state index is 11.4. The van der Waals surface area contributed by atoms with Crippen LogP contribution in [0.25, 0.3) is 0 Å². The Hall–Kier alpha value is -2.01. The first-order valence-electron chi connectivity index (χ1n) is 6.36. The number of ether oxygens (including phenoxy) is 2. The van der Waals surface area contributed by atoms with E-state index in [9.17, 15) is 9.90 Å². The van der Waals surface area contributed by atoms with Gasteiger partial charge in [-0.25, -0.2) is 4.79 Å². The smallest absolute Gasteiger partial charge is 0.345 e. The molecular formula is C16H15BrO4. The Labute approximate surface area is 131 Å². The summed E-state index contributed by atoms with van der Waals surface area (Å²) in [5.41, 5.74) is 0.897. The van der Waals surface area contributed by atoms with Crippen molar-refractivity contribution in [2.45, 2.75) is 12.5 Å². The van der Waals surface area contributed by atoms with Crippen molar-refractivity contribution in [1.29, 1.82) is 0 Å². The van der Waals surface area contributed by atoms with E-state index in [1.807, 2.05) is 24.3 Å². The molecule has 0 aliphatic rings. The van der Waals surface area contributed by atoms with E-state index >= 15 is 0 Å². The number of halogens is 1. The van der Waals surface area contributed by atoms with Crippen molar-refractivity contribution in [3.8, 4) is 11.5 Å². The lowest BCUT2D eigenvalue weighted by Crippen LogP contribution is -2.29. The average molecular weight is 351 g/mol. The molecule has 21 heavy (non-hydrogen) atoms. The predicted molar refractivity (Wildman–Crippen MR) is 82.9 cm³/mol. The lowest BCUT2D eigenvalue weighted by molar-refractivity contribution is -0.145. The van der Waals surface area contributed by atoms with Gasteiger partial charge in [0.15, 0.2) is 6.10 Å². The van der Waals surface area contributed by atoms with Crippen LogP contribution in [-0.2, 0) is 11.2 Å². The van der Waals surface area contributed by atoms with Crippen molar-refractivity contribution in [1.82, 2.24) is 0 Å². The summed E-state index contributed by atoms with van der Waals surface area (Å²) in [4.78, 5) is 11.4. The molecule has 0 amide bonds. The number of methoxy groups -OCH3 is 1. The highest BCUT2D eigenvalue weighted by Crippen LogP contribution is 2.21. The minimum Gasteiger partial charge on any atom is -0.497 e. The number of hydrogen-bond donors (Lipinski definition) is 1. The normalized spacial score (nSPS) is 11.7. The van der Waals surface area contributed by atoms with E-state index in [4.69, 9.17) is 9.47 Å². The van der Waals surface area contributed by atoms with Crippen molar-refractivity contribution >= 4 is 21.9 Å². The summed E-state index contributed by atoms with van der Waals surface area (Å²) >= 11 is 3.35. The van der Waals surface area contributed by atoms with E-state index in [-0.39, 0.29) is 0 Å². The molecule has 0 spiro atoms. The second-order valence-corrected chi connectivity index (χ2v) is 5.37. The molecule has 0 saturated heterocycles. The van der Waals surface area contributed by atoms with Gasteiger partial charge in [-0.3, -0.25) is 0 Å². The highest BCUT2D eigenvalue weighted by molar-refractivity contribution is 9.10. The van der Waals surface area contributed by atoms with Gasteiger partial charge in [0.2, 0.25) is 0 Å². The molecule has 1 N–H and O–H groups in total. The standard InChI is InChI=1S/C16H15BrO4/c1-20-13-3-2-4-14(10-13)21-15(16(18)19)9-11-5-7-12(17)8-6-11/h2-8,10,15H,9H2,1H3,(H,18,19)/t15-/m0/s1. The zero-order chi connectivity index (χ0) is 15.2. The van der Waals surface area contributed by atoms with Crippen LogP contribution in [0.5, 0.6) is 11.5 Å². The molecule has 0 unspecified atom stereocenters. The largest absolute Gasteiger partial charge is 0.497 e. The highest BCUT2D eigenvalue weighted by atomic mass is 79.9. The second-order valence-electron chi connectivity index (χ2n) is 4.45. The van der Waals surface area contributed by atoms with Crippen LogP contribution in [0.4, 0.5) is 0 Å². The monoisotopic (exact) mass is 350 g/mol. The molecule has 0 bridgehead atoms. The summed E-state index contributed by atoms with van der Waals surface area (Å²) in [6.45, 7) is 0. The second kappa shape index (κ2) is 7.13. The van der Waals surface area contributed by atoms with Crippen LogP contribution < -0.4 is 9.47 Å². The van der Waals surface area contributed by atoms with E-state index in [1.54, 1.807) is 31.4 Å². The van der Waals surface area contributed by atoms with Crippen LogP contribution in [-0.4, -0.2) is 24.3 Å². The van der Waals surface area contributed by atoms with Crippen LogP contribution in [0.1, 0.15) is 5.56 Å². The number of aliphatic carboxylic acids is 1. The van der Waals surface area contributed by atoms with Gasteiger partial charge in [0.25, 0.3) is 0 Å². The Morgan fingerprint density at radius 3 is 2.48 bits per heavy atom. The Bertz CT molecular complexity index is 610. The quantitative estimate of drug-likeness (QED) is 0.865. The van der Waals surface area contributed by atoms with Crippen molar-refractivity contribution < 1.29 is 19.4 Å². The van der Waals surface area contributed by atoms with Crippen molar-refractivity contribution in [3.05, 3.63) is 58.6 Å². The zero-order valence-electron chi connectivity index (χ0n) is 11.5. The van der Waals surface area contributed by atoms with Crippen LogP contribution in [0.15, 0.2) is 53.0 Å². The van der Waals surface area contributed by atoms with E-state index in [2.05, 4.69) is 15.9 Å². The molecule has 4 nitrogen and oxygen atoms in total. The SMILES string of the molecule is COc1cccc(O[C@@H](Cc2ccc(Br)cc2)C(=O)O)c1. The molecule has 0 aliphatic carbocycles. The van der Waals surface area contributed by atoms with E-state index in [0.717, 1.165) is 10.0 Å². The maximum absolute atomic E-state index is 11.4. The Balaban J connectivity index is 2.11. The first-order valence-corrected chi connectivity index (χ1v) is 7.16. The Kier molecular flexibility index (Phi) is 5.22. The third-order valence-electron chi connectivity index (χ3n) is 2.93. The molecule has 0 fully saturated rings. The van der Waals surface area contributed by atoms with Crippen molar-refractivity contribution in [3.63, 3.8) is 0 Å². The highest BCUT2D eigenvalue weighted by Gasteiger charge is 2.20. The summed E-state index contributed by atoms with van der Waals surface area (Å²) in [5, 5.41) is 9.31. The Morgan fingerprint density at radius 1 is 1.19 bits per heavy atom. The van der Waals surface area contributed by atoms with E-state index in [0.29, 0.717) is 17.9 Å². The first-order chi connectivity index (χ1) is 10.1. The number of carboxylic acids is 1. The fourth-order valence-electron chi connectivity index (χ4n) is 1.85. The number of carboxylic acid groups (broad SMARTS) is 1. The fourth-order valence-corrected chi connectivity index (χ4v) is 2.12. The lowest BCUT2D eigenvalue weighted by atomic mass is 10.1. The van der Waals surface area contributed by atoms with Crippen LogP contribution in [0.2, 0.25) is 0 Å². The topological polar surface area (TPSA) is 55.8 Å². The van der Waals surface area contributed by atoms with E-state index in [1.165, 1.54) is 0 Å². The number of rotatable bonds is 6. The molecule has 2 rings (SSSR count). The van der Waals surface area contributed by atoms with Crippen molar-refractivity contribution in [2.75, 3.05) is 7.11 Å². The Morgan fingerprint density at radius 2 is 1.86 bits per heavy atom. The molecule has 2 aromatic rings. The minimum absolute atomic E-state index is 0.291. The van der Waals surface area contributed by atoms with Gasteiger partial charge in [0.05, 0.1) is 7.11 Å². The first kappa shape index (κ1) is 15.4. The van der Waals surface area contributed by atoms with Gasteiger partial charge in [-0.1, -0.05) is 34.1 Å². The van der Waals surface area contributed by atoms with Gasteiger partial charge in [-0.2, -0.15) is 0 Å². The molecule has 110 valence electrons. The number of carbonyl (C=O) groups is 1. The summed E-state index contributed by atoms with van der Waals surface area (Å²) in [6.07, 6.45) is -0.655. The van der Waals surface area contributed by atoms with Gasteiger partial charge >= 0.3 is 5.97 Å². The van der Waals surface area contributed by atoms with Gasteiger partial charge < -0.3 is 14.6 Å². The van der Waals surface area contributed by atoms with E-state index < -0.39 is 12.1 Å². The van der Waals surface area contributed by atoms with Gasteiger partial charge in [-0.15, -0.1) is 0 Å². The van der Waals surface area contributed by atoms with Gasteiger partial charge in [0, 0.05) is 17.0 Å². The molecule has 0 saturated carbocycles. The van der Waals surface area contributed by atoms with Crippen LogP contribution >= 0.6 is 15.9 Å². The third-order valence-corrected chi connectivity index (χ3v) is 3.46. The molecule has 0 aromatic heterocycles.